The van der Waals surface area contributed by atoms with Crippen molar-refractivity contribution < 1.29 is 31.1 Å². The van der Waals surface area contributed by atoms with Crippen molar-refractivity contribution in [3.8, 4) is 11.4 Å². The lowest BCUT2D eigenvalue weighted by atomic mass is 10.0. The van der Waals surface area contributed by atoms with Crippen LogP contribution in [0, 0.1) is 0 Å². The van der Waals surface area contributed by atoms with E-state index in [9.17, 15) is 31.1 Å². The second-order valence-corrected chi connectivity index (χ2v) is 6.67. The molecule has 174 valence electrons. The van der Waals surface area contributed by atoms with Crippen LogP contribution in [0.25, 0.3) is 17.6 Å². The molecule has 1 aromatic carbocycles. The third kappa shape index (κ3) is 6.65. The average Bonchev–Trinajstić information content (AvgIpc) is 3.20. The van der Waals surface area contributed by atoms with Crippen LogP contribution in [0.4, 0.5) is 32.2 Å². The largest absolute Gasteiger partial charge is 0.416 e. The van der Waals surface area contributed by atoms with E-state index in [1.54, 1.807) is 0 Å². The fourth-order valence-electron chi connectivity index (χ4n) is 2.42. The van der Waals surface area contributed by atoms with Crippen molar-refractivity contribution in [2.24, 2.45) is 0 Å². The molecule has 0 saturated carbocycles. The Morgan fingerprint density at radius 3 is 2.27 bits per heavy atom. The molecule has 0 spiro atoms. The van der Waals surface area contributed by atoms with Crippen molar-refractivity contribution in [1.82, 2.24) is 30.0 Å². The van der Waals surface area contributed by atoms with Crippen LogP contribution in [0.1, 0.15) is 11.1 Å². The Kier molecular flexibility index (Phi) is 6.86. The van der Waals surface area contributed by atoms with Crippen LogP contribution in [-0.2, 0) is 17.1 Å². The molecule has 33 heavy (non-hydrogen) atoms. The van der Waals surface area contributed by atoms with Gasteiger partial charge in [-0.2, -0.15) is 26.3 Å². The summed E-state index contributed by atoms with van der Waals surface area (Å²) < 4.78 is 79.0. The van der Waals surface area contributed by atoms with Gasteiger partial charge >= 0.3 is 12.4 Å². The molecule has 15 heteroatoms. The summed E-state index contributed by atoms with van der Waals surface area (Å²) in [4.78, 5) is 23.1. The summed E-state index contributed by atoms with van der Waals surface area (Å²) in [6.07, 6.45) is -5.61. The van der Waals surface area contributed by atoms with Gasteiger partial charge in [-0.3, -0.25) is 4.79 Å². The normalized spacial score (nSPS) is 12.2. The number of aromatic nitrogens is 5. The Morgan fingerprint density at radius 2 is 1.67 bits per heavy atom. The molecule has 2 heterocycles. The molecule has 1 amide bonds. The minimum Gasteiger partial charge on any atom is -0.353 e. The van der Waals surface area contributed by atoms with Crippen molar-refractivity contribution in [2.45, 2.75) is 12.4 Å². The molecule has 2 aromatic heterocycles. The zero-order valence-corrected chi connectivity index (χ0v) is 16.9. The van der Waals surface area contributed by atoms with Crippen molar-refractivity contribution >= 4 is 29.5 Å². The molecule has 0 aliphatic heterocycles. The third-order valence-electron chi connectivity index (χ3n) is 3.90. The number of halogens is 7. The van der Waals surface area contributed by atoms with Crippen molar-refractivity contribution in [2.75, 3.05) is 12.0 Å². The molecule has 0 fully saturated rings. The van der Waals surface area contributed by atoms with Crippen LogP contribution in [0.3, 0.4) is 0 Å². The highest BCUT2D eigenvalue weighted by Gasteiger charge is 2.37. The van der Waals surface area contributed by atoms with E-state index in [0.717, 1.165) is 23.3 Å². The van der Waals surface area contributed by atoms with E-state index in [2.05, 4.69) is 30.7 Å². The van der Waals surface area contributed by atoms with Gasteiger partial charge in [0.1, 0.15) is 23.6 Å². The summed E-state index contributed by atoms with van der Waals surface area (Å²) in [7, 11) is 0. The number of carbonyl (C=O) groups is 1. The predicted octanol–water partition coefficient (Wildman–Crippen LogP) is 4.08. The predicted molar refractivity (Wildman–Crippen MR) is 104 cm³/mol. The third-order valence-corrected chi connectivity index (χ3v) is 4.11. The van der Waals surface area contributed by atoms with E-state index in [1.165, 1.54) is 12.4 Å². The van der Waals surface area contributed by atoms with Crippen LogP contribution in [0.15, 0.2) is 43.0 Å². The molecule has 0 aliphatic carbocycles. The van der Waals surface area contributed by atoms with Gasteiger partial charge in [0.15, 0.2) is 5.82 Å². The summed E-state index contributed by atoms with van der Waals surface area (Å²) in [5, 5.41) is 9.20. The quantitative estimate of drug-likeness (QED) is 0.233. The number of hydrogen-bond donors (Lipinski definition) is 2. The maximum absolute atomic E-state index is 13.0. The number of rotatable bonds is 6. The fourth-order valence-corrected chi connectivity index (χ4v) is 2.57. The van der Waals surface area contributed by atoms with Gasteiger partial charge in [0, 0.05) is 23.9 Å². The zero-order chi connectivity index (χ0) is 24.2. The van der Waals surface area contributed by atoms with Crippen LogP contribution in [0.2, 0.25) is 5.15 Å². The first-order chi connectivity index (χ1) is 15.4. The van der Waals surface area contributed by atoms with E-state index in [-0.39, 0.29) is 23.7 Å². The maximum atomic E-state index is 13.0. The summed E-state index contributed by atoms with van der Waals surface area (Å²) in [5.74, 6) is -0.614. The minimum atomic E-state index is -5.00. The lowest BCUT2D eigenvalue weighted by Gasteiger charge is -2.13. The smallest absolute Gasteiger partial charge is 0.353 e. The molecule has 0 radical (unpaired) electrons. The first kappa shape index (κ1) is 24.0. The molecule has 2 N–H and O–H groups in total. The average molecular weight is 492 g/mol. The van der Waals surface area contributed by atoms with E-state index in [1.807, 2.05) is 0 Å². The number of carbonyl (C=O) groups excluding carboxylic acids is 1. The number of benzene rings is 1. The molecule has 0 unspecified atom stereocenters. The van der Waals surface area contributed by atoms with Crippen LogP contribution >= 0.6 is 11.6 Å². The van der Waals surface area contributed by atoms with Gasteiger partial charge in [-0.15, -0.1) is 5.10 Å². The van der Waals surface area contributed by atoms with Gasteiger partial charge in [0.05, 0.1) is 17.8 Å². The first-order valence-corrected chi connectivity index (χ1v) is 9.18. The van der Waals surface area contributed by atoms with Crippen LogP contribution in [0.5, 0.6) is 0 Å². The molecule has 3 aromatic rings. The SMILES string of the molecule is O=C(/C=C\n1cnc(-c2cc(C(F)(F)F)cc(C(F)(F)F)c2)n1)NCNc1cc(Cl)ncn1. The topological polar surface area (TPSA) is 97.6 Å². The number of anilines is 1. The Balaban J connectivity index is 1.69. The summed E-state index contributed by atoms with van der Waals surface area (Å²) in [6.45, 7) is -0.0242. The highest BCUT2D eigenvalue weighted by molar-refractivity contribution is 6.29. The molecule has 0 bridgehead atoms. The summed E-state index contributed by atoms with van der Waals surface area (Å²) >= 11 is 5.70. The molecule has 0 saturated heterocycles. The number of alkyl halides is 6. The molecule has 0 atom stereocenters. The van der Waals surface area contributed by atoms with Gasteiger partial charge in [-0.05, 0) is 18.2 Å². The lowest BCUT2D eigenvalue weighted by Crippen LogP contribution is -2.27. The van der Waals surface area contributed by atoms with Gasteiger partial charge < -0.3 is 10.6 Å². The monoisotopic (exact) mass is 491 g/mol. The van der Waals surface area contributed by atoms with Crippen molar-refractivity contribution in [3.05, 3.63) is 59.3 Å². The van der Waals surface area contributed by atoms with Crippen LogP contribution in [-0.4, -0.2) is 37.3 Å². The first-order valence-electron chi connectivity index (χ1n) is 8.80. The van der Waals surface area contributed by atoms with Crippen LogP contribution < -0.4 is 10.6 Å². The number of hydrogen-bond acceptors (Lipinski definition) is 6. The van der Waals surface area contributed by atoms with E-state index in [0.29, 0.717) is 18.0 Å². The molecule has 3 rings (SSSR count). The summed E-state index contributed by atoms with van der Waals surface area (Å²) in [6, 6.07) is 2.46. The lowest BCUT2D eigenvalue weighted by molar-refractivity contribution is -0.143. The van der Waals surface area contributed by atoms with Gasteiger partial charge in [0.25, 0.3) is 0 Å². The standard InChI is InChI=1S/C18H12ClF6N7O/c19-13-6-14(27-7-26-13)28-8-29-15(33)1-2-32-9-30-16(31-32)10-3-11(17(20,21)22)5-12(4-10)18(23,24)25/h1-7,9H,8H2,(H,29,33)(H,26,27,28)/b2-1-. The summed E-state index contributed by atoms with van der Waals surface area (Å²) in [5.41, 5.74) is -3.46. The Labute approximate surface area is 186 Å². The second kappa shape index (κ2) is 9.44. The van der Waals surface area contributed by atoms with Crippen molar-refractivity contribution in [1.29, 1.82) is 0 Å². The Bertz CT molecular complexity index is 1140. The van der Waals surface area contributed by atoms with Gasteiger partial charge in [-0.25, -0.2) is 19.6 Å². The van der Waals surface area contributed by atoms with Gasteiger partial charge in [0.2, 0.25) is 5.91 Å². The molecule has 8 nitrogen and oxygen atoms in total. The number of nitrogens with zero attached hydrogens (tertiary/aromatic N) is 5. The van der Waals surface area contributed by atoms with E-state index in [4.69, 9.17) is 11.6 Å². The molecular formula is C18H12ClF6N7O. The maximum Gasteiger partial charge on any atom is 0.416 e. The fraction of sp³-hybridized carbons (Fsp3) is 0.167. The van der Waals surface area contributed by atoms with E-state index < -0.39 is 35.0 Å². The number of amides is 1. The highest BCUT2D eigenvalue weighted by Crippen LogP contribution is 2.38. The minimum absolute atomic E-state index is 0.00813. The second-order valence-electron chi connectivity index (χ2n) is 6.28. The molecular weight excluding hydrogens is 480 g/mol. The zero-order valence-electron chi connectivity index (χ0n) is 16.1. The van der Waals surface area contributed by atoms with Crippen molar-refractivity contribution in [3.63, 3.8) is 0 Å². The Morgan fingerprint density at radius 1 is 1.00 bits per heavy atom. The van der Waals surface area contributed by atoms with Gasteiger partial charge in [-0.1, -0.05) is 11.6 Å². The Hall–Kier alpha value is -3.68. The molecule has 0 aliphatic rings. The number of nitrogens with one attached hydrogen (secondary N) is 2. The highest BCUT2D eigenvalue weighted by atomic mass is 35.5. The van der Waals surface area contributed by atoms with E-state index >= 15 is 0 Å².